The van der Waals surface area contributed by atoms with Crippen molar-refractivity contribution >= 4 is 16.6 Å². The van der Waals surface area contributed by atoms with Gasteiger partial charge in [-0.3, -0.25) is 4.90 Å². The lowest BCUT2D eigenvalue weighted by atomic mass is 9.95. The summed E-state index contributed by atoms with van der Waals surface area (Å²) in [5, 5.41) is 4.79. The number of fused-ring (bicyclic) bond motifs is 2. The average molecular weight is 434 g/mol. The highest BCUT2D eigenvalue weighted by molar-refractivity contribution is 5.91. The zero-order valence-electron chi connectivity index (χ0n) is 19.0. The van der Waals surface area contributed by atoms with Gasteiger partial charge in [0.15, 0.2) is 5.72 Å². The molecule has 0 aliphatic carbocycles. The summed E-state index contributed by atoms with van der Waals surface area (Å²) in [5.74, 6) is 2.67. The lowest BCUT2D eigenvalue weighted by molar-refractivity contribution is -0.0208. The minimum Gasteiger partial charge on any atom is -0.496 e. The fourth-order valence-corrected chi connectivity index (χ4v) is 4.89. The Balaban J connectivity index is 1.32. The quantitative estimate of drug-likeness (QED) is 0.599. The van der Waals surface area contributed by atoms with Gasteiger partial charge in [-0.05, 0) is 36.8 Å². The topological polar surface area (TPSA) is 58.8 Å². The summed E-state index contributed by atoms with van der Waals surface area (Å²) < 4.78 is 17.6. The number of nitrogens with one attached hydrogen (secondary N) is 2. The smallest absolute Gasteiger partial charge is 0.183 e. The number of aromatic amines is 1. The van der Waals surface area contributed by atoms with Gasteiger partial charge in [-0.1, -0.05) is 25.1 Å². The van der Waals surface area contributed by atoms with Crippen LogP contribution >= 0.6 is 0 Å². The number of benzene rings is 2. The number of rotatable bonds is 5. The third-order valence-corrected chi connectivity index (χ3v) is 6.52. The molecule has 3 aromatic rings. The van der Waals surface area contributed by atoms with Crippen LogP contribution in [0.25, 0.3) is 16.6 Å². The van der Waals surface area contributed by atoms with E-state index in [-0.39, 0.29) is 5.72 Å². The van der Waals surface area contributed by atoms with Crippen LogP contribution in [0.3, 0.4) is 0 Å². The summed E-state index contributed by atoms with van der Waals surface area (Å²) in [6, 6.07) is 14.4. The van der Waals surface area contributed by atoms with E-state index in [2.05, 4.69) is 58.5 Å². The average Bonchev–Trinajstić information content (AvgIpc) is 3.24. The van der Waals surface area contributed by atoms with Gasteiger partial charge in [-0.25, -0.2) is 0 Å². The fraction of sp³-hybridized carbons (Fsp3) is 0.385. The number of aromatic nitrogens is 1. The minimum atomic E-state index is -0.335. The third-order valence-electron chi connectivity index (χ3n) is 6.52. The van der Waals surface area contributed by atoms with Crippen molar-refractivity contribution in [1.82, 2.24) is 15.2 Å². The first-order valence-corrected chi connectivity index (χ1v) is 11.4. The predicted molar refractivity (Wildman–Crippen MR) is 127 cm³/mol. The van der Waals surface area contributed by atoms with Gasteiger partial charge in [0, 0.05) is 54.8 Å². The van der Waals surface area contributed by atoms with Crippen LogP contribution in [0.5, 0.6) is 17.2 Å². The molecule has 168 valence electrons. The van der Waals surface area contributed by atoms with Crippen molar-refractivity contribution in [3.05, 3.63) is 59.8 Å². The first-order chi connectivity index (χ1) is 15.6. The van der Waals surface area contributed by atoms with E-state index < -0.39 is 0 Å². The van der Waals surface area contributed by atoms with Gasteiger partial charge in [0.2, 0.25) is 0 Å². The Kier molecular flexibility index (Phi) is 5.47. The maximum absolute atomic E-state index is 6.52. The number of methoxy groups -OCH3 is 2. The molecule has 6 nitrogen and oxygen atoms in total. The van der Waals surface area contributed by atoms with Gasteiger partial charge >= 0.3 is 0 Å². The number of hydrogen-bond acceptors (Lipinski definition) is 5. The molecule has 2 aliphatic rings. The Morgan fingerprint density at radius 1 is 1.06 bits per heavy atom. The fourth-order valence-electron chi connectivity index (χ4n) is 4.89. The molecule has 5 rings (SSSR count). The normalized spacial score (nSPS) is 18.9. The van der Waals surface area contributed by atoms with Crippen molar-refractivity contribution in [2.45, 2.75) is 38.5 Å². The SMILES string of the molecule is CC/C=C1\NC2(CCN(Cc3cc4c(OC)ccc(OC)c4[nH]3)CC2)Oc2ccccc21. The second kappa shape index (κ2) is 8.43. The number of piperidine rings is 1. The van der Waals surface area contributed by atoms with E-state index in [1.54, 1.807) is 14.2 Å². The van der Waals surface area contributed by atoms with E-state index in [1.807, 2.05) is 12.1 Å². The van der Waals surface area contributed by atoms with Gasteiger partial charge in [0.1, 0.15) is 17.2 Å². The lowest BCUT2D eigenvalue weighted by Gasteiger charge is -2.46. The van der Waals surface area contributed by atoms with Crippen molar-refractivity contribution in [3.8, 4) is 17.2 Å². The molecule has 1 aromatic heterocycles. The van der Waals surface area contributed by atoms with E-state index in [9.17, 15) is 0 Å². The molecule has 32 heavy (non-hydrogen) atoms. The van der Waals surface area contributed by atoms with Crippen LogP contribution < -0.4 is 19.5 Å². The second-order valence-electron chi connectivity index (χ2n) is 8.57. The number of ether oxygens (including phenoxy) is 3. The molecule has 0 radical (unpaired) electrons. The summed E-state index contributed by atoms with van der Waals surface area (Å²) in [5.41, 5.74) is 4.16. The Morgan fingerprint density at radius 2 is 1.81 bits per heavy atom. The second-order valence-corrected chi connectivity index (χ2v) is 8.57. The van der Waals surface area contributed by atoms with E-state index >= 15 is 0 Å². The van der Waals surface area contributed by atoms with Crippen LogP contribution in [0.4, 0.5) is 0 Å². The van der Waals surface area contributed by atoms with Crippen molar-refractivity contribution in [3.63, 3.8) is 0 Å². The molecule has 0 amide bonds. The van der Waals surface area contributed by atoms with E-state index in [4.69, 9.17) is 14.2 Å². The molecular formula is C26H31N3O3. The van der Waals surface area contributed by atoms with Crippen LogP contribution in [0.1, 0.15) is 37.4 Å². The van der Waals surface area contributed by atoms with Crippen LogP contribution in [-0.2, 0) is 6.54 Å². The molecule has 1 fully saturated rings. The van der Waals surface area contributed by atoms with Crippen LogP contribution in [0.15, 0.2) is 48.5 Å². The summed E-state index contributed by atoms with van der Waals surface area (Å²) >= 11 is 0. The highest BCUT2D eigenvalue weighted by Gasteiger charge is 2.40. The highest BCUT2D eigenvalue weighted by atomic mass is 16.5. The Labute approximate surface area is 189 Å². The molecule has 0 atom stereocenters. The van der Waals surface area contributed by atoms with Gasteiger partial charge in [0.25, 0.3) is 0 Å². The predicted octanol–water partition coefficient (Wildman–Crippen LogP) is 4.91. The molecule has 0 bridgehead atoms. The molecule has 0 saturated carbocycles. The summed E-state index contributed by atoms with van der Waals surface area (Å²) in [6.45, 7) is 4.94. The van der Waals surface area contributed by atoms with Gasteiger partial charge in [-0.2, -0.15) is 0 Å². The lowest BCUT2D eigenvalue weighted by Crippen LogP contribution is -2.58. The number of allylic oxidation sites excluding steroid dienone is 1. The highest BCUT2D eigenvalue weighted by Crippen LogP contribution is 2.39. The van der Waals surface area contributed by atoms with Crippen molar-refractivity contribution < 1.29 is 14.2 Å². The summed E-state index contributed by atoms with van der Waals surface area (Å²) in [4.78, 5) is 6.02. The summed E-state index contributed by atoms with van der Waals surface area (Å²) in [6.07, 6.45) is 5.11. The number of nitrogens with zero attached hydrogens (tertiary/aromatic N) is 1. The zero-order valence-corrected chi connectivity index (χ0v) is 19.0. The number of likely N-dealkylation sites (tertiary alicyclic amines) is 1. The van der Waals surface area contributed by atoms with E-state index in [0.29, 0.717) is 0 Å². The molecule has 2 aromatic carbocycles. The van der Waals surface area contributed by atoms with Gasteiger partial charge < -0.3 is 24.5 Å². The Morgan fingerprint density at radius 3 is 2.56 bits per heavy atom. The maximum atomic E-state index is 6.52. The van der Waals surface area contributed by atoms with Crippen LogP contribution in [0, 0.1) is 0 Å². The van der Waals surface area contributed by atoms with Crippen molar-refractivity contribution in [2.24, 2.45) is 0 Å². The van der Waals surface area contributed by atoms with Crippen molar-refractivity contribution in [1.29, 1.82) is 0 Å². The monoisotopic (exact) mass is 433 g/mol. The van der Waals surface area contributed by atoms with E-state index in [0.717, 1.165) is 78.3 Å². The number of para-hydroxylation sites is 1. The molecular weight excluding hydrogens is 402 g/mol. The van der Waals surface area contributed by atoms with E-state index in [1.165, 1.54) is 5.70 Å². The minimum absolute atomic E-state index is 0.335. The first-order valence-electron chi connectivity index (χ1n) is 11.4. The third kappa shape index (κ3) is 3.69. The van der Waals surface area contributed by atoms with Crippen LogP contribution in [0.2, 0.25) is 0 Å². The molecule has 3 heterocycles. The largest absolute Gasteiger partial charge is 0.496 e. The molecule has 1 spiro atoms. The summed E-state index contributed by atoms with van der Waals surface area (Å²) in [7, 11) is 3.40. The standard InChI is InChI=1S/C26H31N3O3/c1-4-7-21-19-8-5-6-9-23(19)32-26(28-21)12-14-29(15-13-26)17-18-16-20-22(30-2)10-11-24(31-3)25(20)27-18/h5-11,16,27-28H,4,12-15,17H2,1-3H3/b21-7-. The molecule has 2 N–H and O–H groups in total. The van der Waals surface area contributed by atoms with Crippen molar-refractivity contribution in [2.75, 3.05) is 27.3 Å². The zero-order chi connectivity index (χ0) is 22.1. The molecule has 1 saturated heterocycles. The molecule has 0 unspecified atom stereocenters. The van der Waals surface area contributed by atoms with Gasteiger partial charge in [-0.15, -0.1) is 0 Å². The maximum Gasteiger partial charge on any atom is 0.183 e. The molecule has 6 heteroatoms. The Bertz CT molecular complexity index is 1100. The number of H-pyrrole nitrogens is 1. The number of hydrogen-bond donors (Lipinski definition) is 2. The Hall–Kier alpha value is -3.12. The first kappa shape index (κ1) is 20.8. The molecule has 2 aliphatic heterocycles. The van der Waals surface area contributed by atoms with Crippen LogP contribution in [-0.4, -0.2) is 42.9 Å². The van der Waals surface area contributed by atoms with Gasteiger partial charge in [0.05, 0.1) is 19.7 Å².